The molecule has 0 spiro atoms. The lowest BCUT2D eigenvalue weighted by molar-refractivity contribution is -0.125. The first-order chi connectivity index (χ1) is 14.0. The Balaban J connectivity index is 1.64. The lowest BCUT2D eigenvalue weighted by Crippen LogP contribution is -2.35. The molecule has 1 heterocycles. The minimum absolute atomic E-state index is 0.0750. The Morgan fingerprint density at radius 3 is 2.55 bits per heavy atom. The van der Waals surface area contributed by atoms with Crippen molar-refractivity contribution in [2.75, 3.05) is 19.8 Å². The summed E-state index contributed by atoms with van der Waals surface area (Å²) in [5.41, 5.74) is 0.654. The fraction of sp³-hybridized carbons (Fsp3) is 0.364. The lowest BCUT2D eigenvalue weighted by Gasteiger charge is -2.24. The maximum atomic E-state index is 13.6. The Bertz CT molecular complexity index is 883. The normalized spacial score (nSPS) is 14.1. The second-order valence-electron chi connectivity index (χ2n) is 7.10. The number of rotatable bonds is 6. The van der Waals surface area contributed by atoms with Crippen LogP contribution >= 0.6 is 0 Å². The third-order valence-electron chi connectivity index (χ3n) is 4.54. The van der Waals surface area contributed by atoms with Gasteiger partial charge in [0.1, 0.15) is 5.82 Å². The molecule has 3 rings (SSSR count). The van der Waals surface area contributed by atoms with Gasteiger partial charge in [0.05, 0.1) is 24.8 Å². The van der Waals surface area contributed by atoms with Gasteiger partial charge >= 0.3 is 5.97 Å². The number of ether oxygens (including phenoxy) is 3. The summed E-state index contributed by atoms with van der Waals surface area (Å²) in [6, 6.07) is 10.7. The molecule has 0 aliphatic carbocycles. The Morgan fingerprint density at radius 2 is 1.83 bits per heavy atom. The first-order valence-corrected chi connectivity index (χ1v) is 9.56. The molecule has 1 N–H and O–H groups in total. The number of halogens is 1. The highest BCUT2D eigenvalue weighted by atomic mass is 19.1. The van der Waals surface area contributed by atoms with Crippen LogP contribution in [0.4, 0.5) is 4.39 Å². The standard InChI is InChI=1S/C22H24FNO5/c1-14(2)21(15-8-9-18-19(12-15)28-11-5-10-27-18)24-20(25)13-29-22(26)16-6-3-4-7-17(16)23/h3-4,6-9,12,14,21H,5,10-11,13H2,1-2H3,(H,24,25)/t21-/m0/s1. The molecule has 154 valence electrons. The van der Waals surface area contributed by atoms with Crippen LogP contribution in [0.3, 0.4) is 0 Å². The van der Waals surface area contributed by atoms with Gasteiger partial charge in [0.25, 0.3) is 5.91 Å². The van der Waals surface area contributed by atoms with E-state index in [1.807, 2.05) is 32.0 Å². The predicted octanol–water partition coefficient (Wildman–Crippen LogP) is 3.66. The molecule has 0 fully saturated rings. The summed E-state index contributed by atoms with van der Waals surface area (Å²) in [5, 5.41) is 2.87. The molecule has 0 saturated carbocycles. The maximum Gasteiger partial charge on any atom is 0.341 e. The summed E-state index contributed by atoms with van der Waals surface area (Å²) in [5.74, 6) is -0.642. The van der Waals surface area contributed by atoms with Crippen molar-refractivity contribution < 1.29 is 28.2 Å². The third kappa shape index (κ3) is 5.25. The number of benzene rings is 2. The van der Waals surface area contributed by atoms with Crippen molar-refractivity contribution in [2.45, 2.75) is 26.3 Å². The van der Waals surface area contributed by atoms with Crippen molar-refractivity contribution in [1.82, 2.24) is 5.32 Å². The first kappa shape index (κ1) is 20.6. The molecule has 1 atom stereocenters. The van der Waals surface area contributed by atoms with E-state index in [9.17, 15) is 14.0 Å². The van der Waals surface area contributed by atoms with Gasteiger partial charge in [-0.25, -0.2) is 9.18 Å². The van der Waals surface area contributed by atoms with Crippen molar-refractivity contribution in [3.63, 3.8) is 0 Å². The fourth-order valence-electron chi connectivity index (χ4n) is 3.06. The van der Waals surface area contributed by atoms with Gasteiger partial charge in [-0.3, -0.25) is 4.79 Å². The van der Waals surface area contributed by atoms with Crippen molar-refractivity contribution in [2.24, 2.45) is 5.92 Å². The number of hydrogen-bond acceptors (Lipinski definition) is 5. The first-order valence-electron chi connectivity index (χ1n) is 9.56. The fourth-order valence-corrected chi connectivity index (χ4v) is 3.06. The summed E-state index contributed by atoms with van der Waals surface area (Å²) < 4.78 is 30.0. The minimum atomic E-state index is -0.880. The van der Waals surface area contributed by atoms with Gasteiger partial charge in [0.15, 0.2) is 18.1 Å². The van der Waals surface area contributed by atoms with Crippen LogP contribution < -0.4 is 14.8 Å². The summed E-state index contributed by atoms with van der Waals surface area (Å²) in [4.78, 5) is 24.3. The maximum absolute atomic E-state index is 13.6. The molecule has 29 heavy (non-hydrogen) atoms. The molecule has 2 aromatic carbocycles. The van der Waals surface area contributed by atoms with Crippen molar-refractivity contribution in [3.05, 3.63) is 59.4 Å². The highest BCUT2D eigenvalue weighted by Gasteiger charge is 2.22. The summed E-state index contributed by atoms with van der Waals surface area (Å²) in [6.07, 6.45) is 0.807. The van der Waals surface area contributed by atoms with E-state index < -0.39 is 24.3 Å². The average Bonchev–Trinajstić information content (AvgIpc) is 2.95. The van der Waals surface area contributed by atoms with Gasteiger partial charge in [-0.05, 0) is 35.7 Å². The third-order valence-corrected chi connectivity index (χ3v) is 4.54. The summed E-state index contributed by atoms with van der Waals surface area (Å²) >= 11 is 0. The molecule has 1 aliphatic heterocycles. The number of hydrogen-bond donors (Lipinski definition) is 1. The Hall–Kier alpha value is -3.09. The molecule has 0 bridgehead atoms. The van der Waals surface area contributed by atoms with Crippen molar-refractivity contribution in [3.8, 4) is 11.5 Å². The van der Waals surface area contributed by atoms with Gasteiger partial charge in [0, 0.05) is 6.42 Å². The average molecular weight is 401 g/mol. The molecule has 0 radical (unpaired) electrons. The number of carbonyl (C=O) groups excluding carboxylic acids is 2. The van der Waals surface area contributed by atoms with Gasteiger partial charge < -0.3 is 19.5 Å². The molecule has 6 nitrogen and oxygen atoms in total. The molecular formula is C22H24FNO5. The monoisotopic (exact) mass is 401 g/mol. The number of amides is 1. The zero-order valence-corrected chi connectivity index (χ0v) is 16.4. The Labute approximate surface area is 169 Å². The van der Waals surface area contributed by atoms with Crippen molar-refractivity contribution >= 4 is 11.9 Å². The van der Waals surface area contributed by atoms with E-state index in [0.717, 1.165) is 18.1 Å². The highest BCUT2D eigenvalue weighted by molar-refractivity contribution is 5.91. The van der Waals surface area contributed by atoms with E-state index in [1.54, 1.807) is 0 Å². The van der Waals surface area contributed by atoms with E-state index >= 15 is 0 Å². The van der Waals surface area contributed by atoms with Crippen LogP contribution in [0.5, 0.6) is 11.5 Å². The van der Waals surface area contributed by atoms with E-state index in [2.05, 4.69) is 5.32 Å². The molecular weight excluding hydrogens is 377 g/mol. The highest BCUT2D eigenvalue weighted by Crippen LogP contribution is 2.34. The molecule has 0 unspecified atom stereocenters. The quantitative estimate of drug-likeness (QED) is 0.748. The zero-order valence-electron chi connectivity index (χ0n) is 16.4. The molecule has 0 saturated heterocycles. The Morgan fingerprint density at radius 1 is 1.10 bits per heavy atom. The van der Waals surface area contributed by atoms with Crippen LogP contribution in [0.25, 0.3) is 0 Å². The Kier molecular flexibility index (Phi) is 6.69. The van der Waals surface area contributed by atoms with Crippen LogP contribution in [-0.2, 0) is 9.53 Å². The molecule has 1 amide bonds. The molecule has 2 aromatic rings. The van der Waals surface area contributed by atoms with E-state index in [4.69, 9.17) is 14.2 Å². The van der Waals surface area contributed by atoms with E-state index in [-0.39, 0.29) is 17.5 Å². The van der Waals surface area contributed by atoms with Crippen LogP contribution in [-0.4, -0.2) is 31.7 Å². The zero-order chi connectivity index (χ0) is 20.8. The number of esters is 1. The predicted molar refractivity (Wildman–Crippen MR) is 104 cm³/mol. The summed E-state index contributed by atoms with van der Waals surface area (Å²) in [6.45, 7) is 4.62. The van der Waals surface area contributed by atoms with E-state index in [1.165, 1.54) is 18.2 Å². The van der Waals surface area contributed by atoms with E-state index in [0.29, 0.717) is 24.7 Å². The van der Waals surface area contributed by atoms with Gasteiger partial charge in [-0.15, -0.1) is 0 Å². The summed E-state index contributed by atoms with van der Waals surface area (Å²) in [7, 11) is 0. The van der Waals surface area contributed by atoms with Crippen LogP contribution in [0.1, 0.15) is 42.2 Å². The minimum Gasteiger partial charge on any atom is -0.490 e. The second kappa shape index (κ2) is 9.41. The van der Waals surface area contributed by atoms with Crippen LogP contribution in [0.2, 0.25) is 0 Å². The van der Waals surface area contributed by atoms with Gasteiger partial charge in [-0.1, -0.05) is 32.0 Å². The van der Waals surface area contributed by atoms with Crippen LogP contribution in [0, 0.1) is 11.7 Å². The van der Waals surface area contributed by atoms with Gasteiger partial charge in [-0.2, -0.15) is 0 Å². The molecule has 1 aliphatic rings. The topological polar surface area (TPSA) is 73.9 Å². The van der Waals surface area contributed by atoms with Crippen LogP contribution in [0.15, 0.2) is 42.5 Å². The second-order valence-corrected chi connectivity index (χ2v) is 7.10. The van der Waals surface area contributed by atoms with Gasteiger partial charge in [0.2, 0.25) is 0 Å². The lowest BCUT2D eigenvalue weighted by atomic mass is 9.95. The number of carbonyl (C=O) groups is 2. The largest absolute Gasteiger partial charge is 0.490 e. The smallest absolute Gasteiger partial charge is 0.341 e. The molecule has 0 aromatic heterocycles. The number of nitrogens with one attached hydrogen (secondary N) is 1. The number of fused-ring (bicyclic) bond motifs is 1. The SMILES string of the molecule is CC(C)[C@H](NC(=O)COC(=O)c1ccccc1F)c1ccc2c(c1)OCCCO2. The molecule has 7 heteroatoms. The van der Waals surface area contributed by atoms with Crippen molar-refractivity contribution in [1.29, 1.82) is 0 Å².